The Bertz CT molecular complexity index is 485. The second-order valence-corrected chi connectivity index (χ2v) is 4.60. The summed E-state index contributed by atoms with van der Waals surface area (Å²) in [4.78, 5) is 3.32. The number of aromatic nitrogens is 1. The Hall–Kier alpha value is -1.02. The highest BCUT2D eigenvalue weighted by Crippen LogP contribution is 2.33. The molecule has 2 aromatic rings. The number of halogens is 1. The zero-order chi connectivity index (χ0) is 9.54. The van der Waals surface area contributed by atoms with Crippen molar-refractivity contribution in [2.45, 2.75) is 12.8 Å². The Morgan fingerprint density at radius 3 is 2.86 bits per heavy atom. The largest absolute Gasteiger partial charge is 0.361 e. The lowest BCUT2D eigenvalue weighted by molar-refractivity contribution is 0.941. The molecule has 70 valence electrons. The van der Waals surface area contributed by atoms with Crippen molar-refractivity contribution in [3.8, 4) is 11.3 Å². The lowest BCUT2D eigenvalue weighted by Crippen LogP contribution is -2.02. The summed E-state index contributed by atoms with van der Waals surface area (Å²) in [7, 11) is 0. The fraction of sp³-hybridized carbons (Fsp3) is 0.167. The first-order valence-corrected chi connectivity index (χ1v) is 5.59. The van der Waals surface area contributed by atoms with Crippen molar-refractivity contribution in [1.82, 2.24) is 4.98 Å². The minimum atomic E-state index is 1.15. The van der Waals surface area contributed by atoms with Gasteiger partial charge in [0.15, 0.2) is 0 Å². The molecule has 0 bridgehead atoms. The van der Waals surface area contributed by atoms with Crippen molar-refractivity contribution < 1.29 is 0 Å². The molecule has 0 radical (unpaired) electrons. The van der Waals surface area contributed by atoms with Gasteiger partial charge in [0.1, 0.15) is 0 Å². The molecule has 1 heterocycles. The van der Waals surface area contributed by atoms with Crippen LogP contribution in [-0.2, 0) is 12.8 Å². The SMILES string of the molecule is Brc1ccc2c(c1)-c1[nH]ccc1CC2. The lowest BCUT2D eigenvalue weighted by Gasteiger charge is -2.16. The van der Waals surface area contributed by atoms with Crippen LogP contribution in [0.4, 0.5) is 0 Å². The lowest BCUT2D eigenvalue weighted by atomic mass is 9.91. The first-order chi connectivity index (χ1) is 6.84. The average molecular weight is 248 g/mol. The molecule has 2 heteroatoms. The van der Waals surface area contributed by atoms with Crippen molar-refractivity contribution in [1.29, 1.82) is 0 Å². The van der Waals surface area contributed by atoms with E-state index >= 15 is 0 Å². The Balaban J connectivity index is 2.28. The van der Waals surface area contributed by atoms with Gasteiger partial charge in [-0.25, -0.2) is 0 Å². The first-order valence-electron chi connectivity index (χ1n) is 4.79. The number of H-pyrrole nitrogens is 1. The Morgan fingerprint density at radius 2 is 1.93 bits per heavy atom. The Labute approximate surface area is 91.3 Å². The molecular formula is C12H10BrN. The van der Waals surface area contributed by atoms with Gasteiger partial charge in [0, 0.05) is 21.9 Å². The molecule has 0 spiro atoms. The molecule has 3 rings (SSSR count). The van der Waals surface area contributed by atoms with Gasteiger partial charge in [-0.1, -0.05) is 22.0 Å². The third kappa shape index (κ3) is 1.14. The van der Waals surface area contributed by atoms with Crippen molar-refractivity contribution in [2.24, 2.45) is 0 Å². The molecule has 0 fully saturated rings. The molecule has 0 saturated heterocycles. The van der Waals surface area contributed by atoms with E-state index < -0.39 is 0 Å². The number of fused-ring (bicyclic) bond motifs is 3. The summed E-state index contributed by atoms with van der Waals surface area (Å²) in [6.45, 7) is 0. The summed E-state index contributed by atoms with van der Waals surface area (Å²) in [5.74, 6) is 0. The smallest absolute Gasteiger partial charge is 0.0489 e. The summed E-state index contributed by atoms with van der Waals surface area (Å²) < 4.78 is 1.15. The highest BCUT2D eigenvalue weighted by Gasteiger charge is 2.16. The van der Waals surface area contributed by atoms with Gasteiger partial charge in [0.25, 0.3) is 0 Å². The molecule has 0 unspecified atom stereocenters. The van der Waals surface area contributed by atoms with Crippen LogP contribution >= 0.6 is 15.9 Å². The molecule has 1 aromatic carbocycles. The van der Waals surface area contributed by atoms with Crippen molar-refractivity contribution in [2.75, 3.05) is 0 Å². The molecule has 1 aromatic heterocycles. The summed E-state index contributed by atoms with van der Waals surface area (Å²) in [5, 5.41) is 0. The van der Waals surface area contributed by atoms with E-state index in [0.29, 0.717) is 0 Å². The third-order valence-corrected chi connectivity index (χ3v) is 3.33. The van der Waals surface area contributed by atoms with Gasteiger partial charge in [-0.3, -0.25) is 0 Å². The quantitative estimate of drug-likeness (QED) is 0.733. The van der Waals surface area contributed by atoms with Crippen molar-refractivity contribution in [3.05, 3.63) is 46.1 Å². The van der Waals surface area contributed by atoms with Gasteiger partial charge in [-0.2, -0.15) is 0 Å². The van der Waals surface area contributed by atoms with Gasteiger partial charge in [-0.15, -0.1) is 0 Å². The number of nitrogens with one attached hydrogen (secondary N) is 1. The number of aromatic amines is 1. The van der Waals surface area contributed by atoms with E-state index in [2.05, 4.69) is 45.2 Å². The van der Waals surface area contributed by atoms with Gasteiger partial charge in [0.2, 0.25) is 0 Å². The molecule has 0 atom stereocenters. The highest BCUT2D eigenvalue weighted by atomic mass is 79.9. The van der Waals surface area contributed by atoms with Crippen molar-refractivity contribution >= 4 is 15.9 Å². The van der Waals surface area contributed by atoms with E-state index in [1.165, 1.54) is 22.4 Å². The van der Waals surface area contributed by atoms with E-state index in [4.69, 9.17) is 0 Å². The molecule has 1 N–H and O–H groups in total. The zero-order valence-electron chi connectivity index (χ0n) is 7.68. The maximum absolute atomic E-state index is 3.52. The number of rotatable bonds is 0. The predicted molar refractivity (Wildman–Crippen MR) is 61.3 cm³/mol. The second-order valence-electron chi connectivity index (χ2n) is 3.68. The van der Waals surface area contributed by atoms with Crippen LogP contribution < -0.4 is 0 Å². The van der Waals surface area contributed by atoms with Crippen LogP contribution in [0, 0.1) is 0 Å². The average Bonchev–Trinajstić information content (AvgIpc) is 2.65. The molecule has 14 heavy (non-hydrogen) atoms. The van der Waals surface area contributed by atoms with E-state index in [9.17, 15) is 0 Å². The van der Waals surface area contributed by atoms with E-state index in [0.717, 1.165) is 17.3 Å². The maximum Gasteiger partial charge on any atom is 0.0489 e. The summed E-state index contributed by atoms with van der Waals surface area (Å²) >= 11 is 3.52. The highest BCUT2D eigenvalue weighted by molar-refractivity contribution is 9.10. The van der Waals surface area contributed by atoms with Crippen LogP contribution in [-0.4, -0.2) is 4.98 Å². The van der Waals surface area contributed by atoms with Gasteiger partial charge < -0.3 is 4.98 Å². The number of benzene rings is 1. The van der Waals surface area contributed by atoms with E-state index in [1.807, 2.05) is 6.20 Å². The minimum absolute atomic E-state index is 1.15. The maximum atomic E-state index is 3.52. The van der Waals surface area contributed by atoms with Gasteiger partial charge in [-0.05, 0) is 42.2 Å². The van der Waals surface area contributed by atoms with Crippen molar-refractivity contribution in [3.63, 3.8) is 0 Å². The fourth-order valence-electron chi connectivity index (χ4n) is 2.13. The first kappa shape index (κ1) is 8.30. The predicted octanol–water partition coefficient (Wildman–Crippen LogP) is 3.54. The van der Waals surface area contributed by atoms with E-state index in [1.54, 1.807) is 0 Å². The molecule has 0 aliphatic heterocycles. The molecule has 1 nitrogen and oxygen atoms in total. The summed E-state index contributed by atoms with van der Waals surface area (Å²) in [6.07, 6.45) is 4.35. The molecule has 1 aliphatic carbocycles. The van der Waals surface area contributed by atoms with E-state index in [-0.39, 0.29) is 0 Å². The zero-order valence-corrected chi connectivity index (χ0v) is 9.26. The van der Waals surface area contributed by atoms with Crippen LogP contribution in [0.3, 0.4) is 0 Å². The fourth-order valence-corrected chi connectivity index (χ4v) is 2.49. The Kier molecular flexibility index (Phi) is 1.77. The number of hydrogen-bond donors (Lipinski definition) is 1. The Morgan fingerprint density at radius 1 is 1.07 bits per heavy atom. The second kappa shape index (κ2) is 2.99. The van der Waals surface area contributed by atoms with Crippen LogP contribution in [0.5, 0.6) is 0 Å². The molecule has 0 amide bonds. The van der Waals surface area contributed by atoms with Crippen LogP contribution in [0.1, 0.15) is 11.1 Å². The molecule has 1 aliphatic rings. The van der Waals surface area contributed by atoms with Crippen LogP contribution in [0.15, 0.2) is 34.9 Å². The molecule has 0 saturated carbocycles. The van der Waals surface area contributed by atoms with Crippen LogP contribution in [0.25, 0.3) is 11.3 Å². The number of aryl methyl sites for hydroxylation is 2. The van der Waals surface area contributed by atoms with Crippen LogP contribution in [0.2, 0.25) is 0 Å². The third-order valence-electron chi connectivity index (χ3n) is 2.84. The normalized spacial score (nSPS) is 13.5. The minimum Gasteiger partial charge on any atom is -0.361 e. The monoisotopic (exact) mass is 247 g/mol. The number of hydrogen-bond acceptors (Lipinski definition) is 0. The topological polar surface area (TPSA) is 15.8 Å². The molecular weight excluding hydrogens is 238 g/mol. The summed E-state index contributed by atoms with van der Waals surface area (Å²) in [5.41, 5.74) is 5.54. The van der Waals surface area contributed by atoms with Gasteiger partial charge in [0.05, 0.1) is 0 Å². The van der Waals surface area contributed by atoms with Gasteiger partial charge >= 0.3 is 0 Å². The standard InChI is InChI=1S/C12H10BrN/c13-10-4-3-8-1-2-9-5-6-14-12(9)11(8)7-10/h3-7,14H,1-2H2. The summed E-state index contributed by atoms with van der Waals surface area (Å²) in [6, 6.07) is 8.71.